The highest BCUT2D eigenvalue weighted by Crippen LogP contribution is 2.12. The molecule has 16 heavy (non-hydrogen) atoms. The average Bonchev–Trinajstić information content (AvgIpc) is 2.71. The molecule has 1 aromatic rings. The molecule has 0 aromatic carbocycles. The Morgan fingerprint density at radius 2 is 2.38 bits per heavy atom. The Morgan fingerprint density at radius 1 is 1.69 bits per heavy atom. The normalized spacial score (nSPS) is 16.1. The lowest BCUT2D eigenvalue weighted by atomic mass is 10.1. The van der Waals surface area contributed by atoms with Crippen molar-refractivity contribution in [3.63, 3.8) is 0 Å². The first-order valence-corrected chi connectivity index (χ1v) is 5.17. The predicted octanol–water partition coefficient (Wildman–Crippen LogP) is 1.02. The van der Waals surface area contributed by atoms with Crippen LogP contribution in [0.4, 0.5) is 0 Å². The van der Waals surface area contributed by atoms with Gasteiger partial charge in [0.15, 0.2) is 0 Å². The number of oxazole rings is 1. The number of rotatable bonds is 5. The molecule has 1 aromatic heterocycles. The Morgan fingerprint density at radius 3 is 2.88 bits per heavy atom. The summed E-state index contributed by atoms with van der Waals surface area (Å²) < 4.78 is 5.38. The van der Waals surface area contributed by atoms with Crippen molar-refractivity contribution in [3.05, 3.63) is 17.8 Å². The van der Waals surface area contributed by atoms with Crippen molar-refractivity contribution < 1.29 is 9.62 Å². The Hall–Kier alpha value is -1.56. The van der Waals surface area contributed by atoms with Gasteiger partial charge in [-0.25, -0.2) is 4.98 Å². The maximum absolute atomic E-state index is 8.50. The van der Waals surface area contributed by atoms with Gasteiger partial charge in [-0.2, -0.15) is 0 Å². The first kappa shape index (κ1) is 12.5. The second kappa shape index (κ2) is 5.50. The number of oxime groups is 1. The third kappa shape index (κ3) is 3.23. The predicted molar refractivity (Wildman–Crippen MR) is 60.2 cm³/mol. The van der Waals surface area contributed by atoms with E-state index in [0.29, 0.717) is 12.4 Å². The molecule has 90 valence electrons. The van der Waals surface area contributed by atoms with E-state index in [0.717, 1.165) is 5.76 Å². The van der Waals surface area contributed by atoms with Gasteiger partial charge in [0.1, 0.15) is 11.6 Å². The highest BCUT2D eigenvalue weighted by atomic mass is 16.4. The molecule has 0 bridgehead atoms. The summed E-state index contributed by atoms with van der Waals surface area (Å²) in [5.74, 6) is 1.60. The molecular formula is C10H18N4O2. The molecule has 4 N–H and O–H groups in total. The Bertz CT molecular complexity index is 361. The van der Waals surface area contributed by atoms with Crippen LogP contribution in [0.2, 0.25) is 0 Å². The molecule has 1 heterocycles. The van der Waals surface area contributed by atoms with Gasteiger partial charge in [-0.05, 0) is 13.8 Å². The van der Waals surface area contributed by atoms with Crippen LogP contribution in [0.3, 0.4) is 0 Å². The fraction of sp³-hybridized carbons (Fsp3) is 0.600. The summed E-state index contributed by atoms with van der Waals surface area (Å²) in [6.07, 6.45) is 1.68. The molecule has 0 saturated carbocycles. The molecular weight excluding hydrogens is 208 g/mol. The van der Waals surface area contributed by atoms with Gasteiger partial charge in [0.25, 0.3) is 0 Å². The number of hydrogen-bond donors (Lipinski definition) is 3. The first-order chi connectivity index (χ1) is 7.54. The van der Waals surface area contributed by atoms with Gasteiger partial charge in [-0.1, -0.05) is 12.1 Å². The van der Waals surface area contributed by atoms with E-state index in [1.54, 1.807) is 6.20 Å². The molecule has 0 aliphatic heterocycles. The monoisotopic (exact) mass is 226 g/mol. The maximum Gasteiger partial charge on any atom is 0.211 e. The number of hydrogen-bond acceptors (Lipinski definition) is 5. The minimum atomic E-state index is -0.0384. The summed E-state index contributed by atoms with van der Waals surface area (Å²) in [5, 5.41) is 14.7. The van der Waals surface area contributed by atoms with E-state index in [9.17, 15) is 0 Å². The molecule has 6 heteroatoms. The Labute approximate surface area is 94.5 Å². The number of amidine groups is 1. The molecule has 0 aliphatic rings. The zero-order valence-corrected chi connectivity index (χ0v) is 9.77. The maximum atomic E-state index is 8.50. The van der Waals surface area contributed by atoms with Gasteiger partial charge in [-0.3, -0.25) is 0 Å². The zero-order chi connectivity index (χ0) is 12.1. The van der Waals surface area contributed by atoms with E-state index < -0.39 is 0 Å². The lowest BCUT2D eigenvalue weighted by Gasteiger charge is -2.14. The van der Waals surface area contributed by atoms with E-state index >= 15 is 0 Å². The van der Waals surface area contributed by atoms with Crippen LogP contribution in [-0.4, -0.2) is 22.6 Å². The number of nitrogens with two attached hydrogens (primary N) is 1. The molecule has 0 radical (unpaired) electrons. The molecule has 6 nitrogen and oxygen atoms in total. The van der Waals surface area contributed by atoms with E-state index in [4.69, 9.17) is 15.4 Å². The second-order valence-corrected chi connectivity index (χ2v) is 3.86. The summed E-state index contributed by atoms with van der Waals surface area (Å²) in [4.78, 5) is 4.12. The van der Waals surface area contributed by atoms with E-state index in [1.165, 1.54) is 0 Å². The molecule has 1 rings (SSSR count). The highest BCUT2D eigenvalue weighted by Gasteiger charge is 2.13. The minimum absolute atomic E-state index is 0.00245. The Balaban J connectivity index is 2.44. The van der Waals surface area contributed by atoms with Crippen LogP contribution in [0.5, 0.6) is 0 Å². The minimum Gasteiger partial charge on any atom is -0.444 e. The molecule has 0 saturated heterocycles. The molecule has 0 aliphatic carbocycles. The zero-order valence-electron chi connectivity index (χ0n) is 9.77. The lowest BCUT2D eigenvalue weighted by Crippen LogP contribution is -2.32. The average molecular weight is 226 g/mol. The molecule has 0 fully saturated rings. The standard InChI is InChI=1S/C10H18N4O2/c1-6(9(11)14-15)4-12-8(3)10-13-5-7(2)16-10/h5-6,8,12,15H,4H2,1-3H3,(H2,11,14). The molecule has 0 spiro atoms. The molecule has 2 unspecified atom stereocenters. The van der Waals surface area contributed by atoms with Crippen molar-refractivity contribution in [3.8, 4) is 0 Å². The van der Waals surface area contributed by atoms with Crippen LogP contribution in [-0.2, 0) is 0 Å². The number of nitrogens with one attached hydrogen (secondary N) is 1. The summed E-state index contributed by atoms with van der Waals surface area (Å²) in [7, 11) is 0. The van der Waals surface area contributed by atoms with Crippen molar-refractivity contribution in [1.29, 1.82) is 0 Å². The van der Waals surface area contributed by atoms with Gasteiger partial charge in [-0.15, -0.1) is 0 Å². The van der Waals surface area contributed by atoms with Crippen LogP contribution in [0, 0.1) is 12.8 Å². The smallest absolute Gasteiger partial charge is 0.211 e. The topological polar surface area (TPSA) is 96.7 Å². The van der Waals surface area contributed by atoms with Gasteiger partial charge in [0.2, 0.25) is 5.89 Å². The third-order valence-electron chi connectivity index (χ3n) is 2.36. The summed E-state index contributed by atoms with van der Waals surface area (Å²) in [5.41, 5.74) is 5.47. The van der Waals surface area contributed by atoms with E-state index in [-0.39, 0.29) is 17.8 Å². The van der Waals surface area contributed by atoms with Gasteiger partial charge >= 0.3 is 0 Å². The molecule has 0 amide bonds. The van der Waals surface area contributed by atoms with Gasteiger partial charge < -0.3 is 20.7 Å². The molecule has 2 atom stereocenters. The largest absolute Gasteiger partial charge is 0.444 e. The highest BCUT2D eigenvalue weighted by molar-refractivity contribution is 5.82. The van der Waals surface area contributed by atoms with Gasteiger partial charge in [0.05, 0.1) is 12.2 Å². The van der Waals surface area contributed by atoms with Gasteiger partial charge in [0, 0.05) is 12.5 Å². The van der Waals surface area contributed by atoms with Crippen molar-refractivity contribution in [2.75, 3.05) is 6.54 Å². The van der Waals surface area contributed by atoms with E-state index in [1.807, 2.05) is 20.8 Å². The van der Waals surface area contributed by atoms with Crippen molar-refractivity contribution in [2.24, 2.45) is 16.8 Å². The number of nitrogens with zero attached hydrogens (tertiary/aromatic N) is 2. The van der Waals surface area contributed by atoms with Crippen LogP contribution in [0.1, 0.15) is 31.5 Å². The lowest BCUT2D eigenvalue weighted by molar-refractivity contribution is 0.313. The fourth-order valence-corrected chi connectivity index (χ4v) is 1.22. The summed E-state index contributed by atoms with van der Waals surface area (Å²) >= 11 is 0. The van der Waals surface area contributed by atoms with Crippen LogP contribution in [0.25, 0.3) is 0 Å². The van der Waals surface area contributed by atoms with Crippen LogP contribution in [0.15, 0.2) is 15.8 Å². The van der Waals surface area contributed by atoms with Crippen molar-refractivity contribution in [2.45, 2.75) is 26.8 Å². The van der Waals surface area contributed by atoms with Crippen LogP contribution < -0.4 is 11.1 Å². The van der Waals surface area contributed by atoms with Crippen molar-refractivity contribution >= 4 is 5.84 Å². The quantitative estimate of drug-likeness (QED) is 0.301. The number of aryl methyl sites for hydroxylation is 1. The summed E-state index contributed by atoms with van der Waals surface area (Å²) in [6, 6.07) is 0.00245. The number of aromatic nitrogens is 1. The Kier molecular flexibility index (Phi) is 4.30. The van der Waals surface area contributed by atoms with Crippen LogP contribution >= 0.6 is 0 Å². The fourth-order valence-electron chi connectivity index (χ4n) is 1.22. The SMILES string of the molecule is Cc1cnc(C(C)NCC(C)/C(N)=N/O)o1. The van der Waals surface area contributed by atoms with E-state index in [2.05, 4.69) is 15.5 Å². The summed E-state index contributed by atoms with van der Waals surface area (Å²) in [6.45, 7) is 6.26. The first-order valence-electron chi connectivity index (χ1n) is 5.17. The van der Waals surface area contributed by atoms with Crippen molar-refractivity contribution in [1.82, 2.24) is 10.3 Å². The third-order valence-corrected chi connectivity index (χ3v) is 2.36. The second-order valence-electron chi connectivity index (χ2n) is 3.86.